The summed E-state index contributed by atoms with van der Waals surface area (Å²) in [6, 6.07) is 12.4. The zero-order chi connectivity index (χ0) is 19.6. The molecule has 27 heavy (non-hydrogen) atoms. The van der Waals surface area contributed by atoms with Crippen LogP contribution in [0.15, 0.2) is 47.5 Å². The van der Waals surface area contributed by atoms with Gasteiger partial charge < -0.3 is 9.67 Å². The van der Waals surface area contributed by atoms with Crippen LogP contribution in [0.1, 0.15) is 47.8 Å². The van der Waals surface area contributed by atoms with Gasteiger partial charge >= 0.3 is 5.97 Å². The van der Waals surface area contributed by atoms with Gasteiger partial charge in [-0.05, 0) is 49.6 Å². The molecular weight excluding hydrogens is 360 g/mol. The molecule has 1 N–H and O–H groups in total. The summed E-state index contributed by atoms with van der Waals surface area (Å²) < 4.78 is 2.61. The fraction of sp³-hybridized carbons (Fsp3) is 0.286. The van der Waals surface area contributed by atoms with E-state index in [9.17, 15) is 14.7 Å². The number of aromatic nitrogens is 1. The van der Waals surface area contributed by atoms with E-state index in [2.05, 4.69) is 11.9 Å². The Morgan fingerprint density at radius 1 is 1.15 bits per heavy atom. The molecule has 1 aromatic heterocycles. The molecular formula is C21H22N2O3S. The summed E-state index contributed by atoms with van der Waals surface area (Å²) in [5.74, 6) is -1.30. The second-order valence-corrected chi connectivity index (χ2v) is 7.46. The number of carboxylic acid groups (broad SMARTS) is 1. The topological polar surface area (TPSA) is 71.7 Å². The second-order valence-electron chi connectivity index (χ2n) is 6.46. The first kappa shape index (κ1) is 19.0. The summed E-state index contributed by atoms with van der Waals surface area (Å²) in [5.41, 5.74) is 3.51. The van der Waals surface area contributed by atoms with Gasteiger partial charge in [-0.25, -0.2) is 4.79 Å². The normalized spacial score (nSPS) is 13.1. The Balaban J connectivity index is 2.22. The van der Waals surface area contributed by atoms with E-state index in [1.54, 1.807) is 16.7 Å². The van der Waals surface area contributed by atoms with Crippen LogP contribution in [0.4, 0.5) is 0 Å². The van der Waals surface area contributed by atoms with E-state index in [1.807, 2.05) is 44.2 Å². The Morgan fingerprint density at radius 3 is 2.44 bits per heavy atom. The third kappa shape index (κ3) is 3.85. The molecule has 0 bridgehead atoms. The minimum absolute atomic E-state index is 0.369. The minimum atomic E-state index is -0.930. The van der Waals surface area contributed by atoms with E-state index in [0.717, 1.165) is 27.8 Å². The molecule has 3 aromatic rings. The Morgan fingerprint density at radius 2 is 1.85 bits per heavy atom. The molecule has 140 valence electrons. The number of carbonyl (C=O) groups excluding carboxylic acids is 1. The van der Waals surface area contributed by atoms with Crippen LogP contribution in [-0.4, -0.2) is 21.6 Å². The SMILES string of the molecule is CCc1ccc2c(c1)sc(=NC(=O)c1ccc(C)cc1)n2C(CC)C(=O)O. The van der Waals surface area contributed by atoms with Gasteiger partial charge in [0.15, 0.2) is 4.80 Å². The van der Waals surface area contributed by atoms with Gasteiger partial charge in [-0.15, -0.1) is 0 Å². The molecule has 1 atom stereocenters. The number of thiazole rings is 1. The maximum atomic E-state index is 12.6. The van der Waals surface area contributed by atoms with E-state index in [4.69, 9.17) is 0 Å². The number of rotatable bonds is 5. The molecule has 1 unspecified atom stereocenters. The van der Waals surface area contributed by atoms with Crippen molar-refractivity contribution in [1.29, 1.82) is 0 Å². The molecule has 0 saturated carbocycles. The molecule has 2 aromatic carbocycles. The maximum Gasteiger partial charge on any atom is 0.326 e. The standard InChI is InChI=1S/C21H22N2O3S/c1-4-14-8-11-17-18(12-14)27-21(23(17)16(5-2)20(25)26)22-19(24)15-9-6-13(3)7-10-15/h6-12,16H,4-5H2,1-3H3,(H,25,26). The molecule has 0 fully saturated rings. The van der Waals surface area contributed by atoms with Crippen molar-refractivity contribution in [1.82, 2.24) is 4.57 Å². The molecule has 1 amide bonds. The van der Waals surface area contributed by atoms with E-state index < -0.39 is 12.0 Å². The average Bonchev–Trinajstić information content (AvgIpc) is 2.99. The highest BCUT2D eigenvalue weighted by molar-refractivity contribution is 7.16. The van der Waals surface area contributed by atoms with Crippen LogP contribution in [-0.2, 0) is 11.2 Å². The first-order valence-corrected chi connectivity index (χ1v) is 9.78. The molecule has 0 radical (unpaired) electrons. The molecule has 0 spiro atoms. The number of carboxylic acids is 1. The Bertz CT molecular complexity index is 1060. The van der Waals surface area contributed by atoms with Gasteiger partial charge in [0.1, 0.15) is 6.04 Å². The summed E-state index contributed by atoms with van der Waals surface area (Å²) >= 11 is 1.35. The third-order valence-corrected chi connectivity index (χ3v) is 5.60. The lowest BCUT2D eigenvalue weighted by atomic mass is 10.1. The molecule has 6 heteroatoms. The second kappa shape index (κ2) is 7.88. The molecule has 0 saturated heterocycles. The Labute approximate surface area is 161 Å². The van der Waals surface area contributed by atoms with Gasteiger partial charge in [-0.2, -0.15) is 4.99 Å². The van der Waals surface area contributed by atoms with Gasteiger partial charge in [0.25, 0.3) is 5.91 Å². The molecule has 0 aliphatic carbocycles. The Kier molecular flexibility index (Phi) is 5.56. The van der Waals surface area contributed by atoms with Gasteiger partial charge in [0.2, 0.25) is 0 Å². The number of aliphatic carboxylic acids is 1. The van der Waals surface area contributed by atoms with Crippen LogP contribution in [0.2, 0.25) is 0 Å². The summed E-state index contributed by atoms with van der Waals surface area (Å²) in [6.45, 7) is 5.85. The first-order valence-electron chi connectivity index (χ1n) is 8.97. The monoisotopic (exact) mass is 382 g/mol. The zero-order valence-corrected chi connectivity index (χ0v) is 16.4. The van der Waals surface area contributed by atoms with Crippen molar-refractivity contribution in [2.75, 3.05) is 0 Å². The summed E-state index contributed by atoms with van der Waals surface area (Å²) in [6.07, 6.45) is 1.29. The number of aryl methyl sites for hydroxylation is 2. The van der Waals surface area contributed by atoms with Crippen molar-refractivity contribution in [2.45, 2.75) is 39.7 Å². The molecule has 0 aliphatic heterocycles. The quantitative estimate of drug-likeness (QED) is 0.713. The minimum Gasteiger partial charge on any atom is -0.480 e. The van der Waals surface area contributed by atoms with Crippen molar-refractivity contribution in [2.24, 2.45) is 4.99 Å². The molecule has 5 nitrogen and oxygen atoms in total. The van der Waals surface area contributed by atoms with E-state index >= 15 is 0 Å². The molecule has 1 heterocycles. The lowest BCUT2D eigenvalue weighted by Crippen LogP contribution is -2.27. The average molecular weight is 382 g/mol. The zero-order valence-electron chi connectivity index (χ0n) is 15.6. The summed E-state index contributed by atoms with van der Waals surface area (Å²) in [4.78, 5) is 29.1. The molecule has 0 aliphatic rings. The summed E-state index contributed by atoms with van der Waals surface area (Å²) in [7, 11) is 0. The number of benzene rings is 2. The summed E-state index contributed by atoms with van der Waals surface area (Å²) in [5, 5.41) is 9.67. The number of carbonyl (C=O) groups is 2. The number of amides is 1. The lowest BCUT2D eigenvalue weighted by Gasteiger charge is -2.13. The molecule has 3 rings (SSSR count). The predicted molar refractivity (Wildman–Crippen MR) is 107 cm³/mol. The maximum absolute atomic E-state index is 12.6. The fourth-order valence-electron chi connectivity index (χ4n) is 3.00. The van der Waals surface area contributed by atoms with E-state index in [1.165, 1.54) is 11.3 Å². The third-order valence-electron chi connectivity index (χ3n) is 4.58. The number of hydrogen-bond acceptors (Lipinski definition) is 3. The van der Waals surface area contributed by atoms with Gasteiger partial charge in [-0.1, -0.05) is 48.9 Å². The van der Waals surface area contributed by atoms with Crippen molar-refractivity contribution in [3.8, 4) is 0 Å². The Hall–Kier alpha value is -2.73. The van der Waals surface area contributed by atoms with E-state index in [0.29, 0.717) is 16.8 Å². The van der Waals surface area contributed by atoms with E-state index in [-0.39, 0.29) is 5.91 Å². The van der Waals surface area contributed by atoms with Crippen LogP contribution in [0.5, 0.6) is 0 Å². The number of nitrogens with zero attached hydrogens (tertiary/aromatic N) is 2. The van der Waals surface area contributed by atoms with Crippen LogP contribution in [0.3, 0.4) is 0 Å². The van der Waals surface area contributed by atoms with Crippen molar-refractivity contribution in [3.63, 3.8) is 0 Å². The predicted octanol–water partition coefficient (Wildman–Crippen LogP) is 4.35. The fourth-order valence-corrected chi connectivity index (χ4v) is 4.13. The van der Waals surface area contributed by atoms with Crippen LogP contribution < -0.4 is 4.80 Å². The van der Waals surface area contributed by atoms with Gasteiger partial charge in [0.05, 0.1) is 10.2 Å². The highest BCUT2D eigenvalue weighted by Crippen LogP contribution is 2.24. The highest BCUT2D eigenvalue weighted by atomic mass is 32.1. The van der Waals surface area contributed by atoms with Crippen LogP contribution >= 0.6 is 11.3 Å². The van der Waals surface area contributed by atoms with Crippen molar-refractivity contribution >= 4 is 33.4 Å². The van der Waals surface area contributed by atoms with Crippen LogP contribution in [0.25, 0.3) is 10.2 Å². The highest BCUT2D eigenvalue weighted by Gasteiger charge is 2.22. The lowest BCUT2D eigenvalue weighted by molar-refractivity contribution is -0.140. The first-order chi connectivity index (χ1) is 12.9. The van der Waals surface area contributed by atoms with Crippen LogP contribution in [0, 0.1) is 6.92 Å². The van der Waals surface area contributed by atoms with Crippen molar-refractivity contribution < 1.29 is 14.7 Å². The van der Waals surface area contributed by atoms with Gasteiger partial charge in [-0.3, -0.25) is 4.79 Å². The smallest absolute Gasteiger partial charge is 0.326 e. The number of fused-ring (bicyclic) bond motifs is 1. The van der Waals surface area contributed by atoms with Gasteiger partial charge in [0, 0.05) is 5.56 Å². The van der Waals surface area contributed by atoms with Crippen molar-refractivity contribution in [3.05, 3.63) is 64.0 Å². The number of hydrogen-bond donors (Lipinski definition) is 1. The largest absolute Gasteiger partial charge is 0.480 e.